The lowest BCUT2D eigenvalue weighted by Gasteiger charge is -2.10. The molecule has 0 atom stereocenters. The molecule has 1 N–H and O–H groups in total. The number of hydrogen-bond donors (Lipinski definition) is 1. The van der Waals surface area contributed by atoms with Gasteiger partial charge in [0.2, 0.25) is 0 Å². The highest BCUT2D eigenvalue weighted by molar-refractivity contribution is 6.00. The van der Waals surface area contributed by atoms with Gasteiger partial charge < -0.3 is 19.4 Å². The fourth-order valence-electron chi connectivity index (χ4n) is 3.07. The van der Waals surface area contributed by atoms with E-state index < -0.39 is 0 Å². The average Bonchev–Trinajstić information content (AvgIpc) is 3.11. The molecule has 28 heavy (non-hydrogen) atoms. The van der Waals surface area contributed by atoms with E-state index in [2.05, 4.69) is 5.32 Å². The molecule has 0 aliphatic rings. The first-order valence-corrected chi connectivity index (χ1v) is 9.42. The molecule has 0 aliphatic heterocycles. The van der Waals surface area contributed by atoms with Crippen LogP contribution in [0.15, 0.2) is 66.7 Å². The van der Waals surface area contributed by atoms with E-state index in [1.807, 2.05) is 78.2 Å². The Labute approximate surface area is 165 Å². The van der Waals surface area contributed by atoms with E-state index >= 15 is 0 Å². The van der Waals surface area contributed by atoms with E-state index in [4.69, 9.17) is 9.47 Å². The van der Waals surface area contributed by atoms with Crippen LogP contribution in [0.2, 0.25) is 0 Å². The summed E-state index contributed by atoms with van der Waals surface area (Å²) in [7, 11) is 1.62. The number of hydrogen-bond acceptors (Lipinski definition) is 3. The van der Waals surface area contributed by atoms with Gasteiger partial charge in [-0.2, -0.15) is 0 Å². The van der Waals surface area contributed by atoms with Crippen molar-refractivity contribution in [1.82, 2.24) is 9.88 Å². The zero-order chi connectivity index (χ0) is 19.8. The van der Waals surface area contributed by atoms with Gasteiger partial charge in [-0.05, 0) is 30.7 Å². The summed E-state index contributed by atoms with van der Waals surface area (Å²) in [5.74, 6) is 0.651. The van der Waals surface area contributed by atoms with Gasteiger partial charge in [-0.1, -0.05) is 48.6 Å². The summed E-state index contributed by atoms with van der Waals surface area (Å²) in [5, 5.41) is 3.84. The fourth-order valence-corrected chi connectivity index (χ4v) is 3.07. The van der Waals surface area contributed by atoms with Gasteiger partial charge in [0.15, 0.2) is 0 Å². The van der Waals surface area contributed by atoms with Gasteiger partial charge in [0, 0.05) is 25.6 Å². The van der Waals surface area contributed by atoms with Crippen LogP contribution in [0.4, 0.5) is 0 Å². The highest BCUT2D eigenvalue weighted by Crippen LogP contribution is 2.30. The summed E-state index contributed by atoms with van der Waals surface area (Å²) < 4.78 is 13.1. The number of benzene rings is 2. The van der Waals surface area contributed by atoms with Gasteiger partial charge in [-0.3, -0.25) is 4.79 Å². The molecule has 1 heterocycles. The van der Waals surface area contributed by atoms with Crippen LogP contribution >= 0.6 is 0 Å². The largest absolute Gasteiger partial charge is 0.488 e. The summed E-state index contributed by atoms with van der Waals surface area (Å²) in [6.45, 7) is 4.02. The van der Waals surface area contributed by atoms with E-state index in [1.54, 1.807) is 7.11 Å². The second-order valence-electron chi connectivity index (χ2n) is 6.42. The van der Waals surface area contributed by atoms with Crippen LogP contribution in [0, 0.1) is 0 Å². The number of nitrogens with zero attached hydrogens (tertiary/aromatic N) is 1. The molecule has 1 aromatic heterocycles. The van der Waals surface area contributed by atoms with Crippen molar-refractivity contribution in [3.8, 4) is 5.75 Å². The standard InChI is InChI=1S/C23H26N2O3/c1-3-4-14-25-20-11-8-12-22(28-17-18-9-6-5-7-10-18)19(20)16-21(25)23(26)24-13-15-27-2/h3-12,16H,13-15,17H2,1-2H3,(H,24,26)/b4-3-. The van der Waals surface area contributed by atoms with Crippen molar-refractivity contribution in [2.24, 2.45) is 0 Å². The van der Waals surface area contributed by atoms with E-state index in [-0.39, 0.29) is 5.91 Å². The van der Waals surface area contributed by atoms with Crippen LogP contribution in [0.1, 0.15) is 23.0 Å². The lowest BCUT2D eigenvalue weighted by atomic mass is 10.2. The van der Waals surface area contributed by atoms with Crippen molar-refractivity contribution in [3.05, 3.63) is 78.0 Å². The molecule has 0 unspecified atom stereocenters. The SMILES string of the molecule is C/C=C\Cn1c(C(=O)NCCOC)cc2c(OCc3ccccc3)cccc21. The molecule has 2 aromatic carbocycles. The summed E-state index contributed by atoms with van der Waals surface area (Å²) in [6, 6.07) is 17.9. The highest BCUT2D eigenvalue weighted by atomic mass is 16.5. The van der Waals surface area contributed by atoms with Crippen molar-refractivity contribution in [2.45, 2.75) is 20.1 Å². The predicted octanol–water partition coefficient (Wildman–Crippen LogP) is 4.17. The molecular weight excluding hydrogens is 352 g/mol. The lowest BCUT2D eigenvalue weighted by Crippen LogP contribution is -2.28. The van der Waals surface area contributed by atoms with Crippen molar-refractivity contribution in [3.63, 3.8) is 0 Å². The predicted molar refractivity (Wildman–Crippen MR) is 112 cm³/mol. The van der Waals surface area contributed by atoms with Crippen LogP contribution in [0.25, 0.3) is 10.9 Å². The van der Waals surface area contributed by atoms with Crippen molar-refractivity contribution < 1.29 is 14.3 Å². The smallest absolute Gasteiger partial charge is 0.268 e. The Balaban J connectivity index is 1.92. The number of rotatable bonds is 9. The maximum atomic E-state index is 12.7. The third-order valence-electron chi connectivity index (χ3n) is 4.49. The fraction of sp³-hybridized carbons (Fsp3) is 0.261. The minimum absolute atomic E-state index is 0.119. The Morgan fingerprint density at radius 1 is 1.14 bits per heavy atom. The number of nitrogens with one attached hydrogen (secondary N) is 1. The van der Waals surface area contributed by atoms with Crippen LogP contribution < -0.4 is 10.1 Å². The first-order valence-electron chi connectivity index (χ1n) is 9.42. The Morgan fingerprint density at radius 3 is 2.71 bits per heavy atom. The Morgan fingerprint density at radius 2 is 1.96 bits per heavy atom. The van der Waals surface area contributed by atoms with Gasteiger partial charge in [-0.15, -0.1) is 0 Å². The van der Waals surface area contributed by atoms with Crippen LogP contribution in [-0.4, -0.2) is 30.7 Å². The maximum Gasteiger partial charge on any atom is 0.268 e. The minimum Gasteiger partial charge on any atom is -0.488 e. The van der Waals surface area contributed by atoms with Crippen molar-refractivity contribution in [1.29, 1.82) is 0 Å². The first-order chi connectivity index (χ1) is 13.7. The summed E-state index contributed by atoms with van der Waals surface area (Å²) in [5.41, 5.74) is 2.69. The molecule has 0 saturated heterocycles. The highest BCUT2D eigenvalue weighted by Gasteiger charge is 2.17. The number of carbonyl (C=O) groups excluding carboxylic acids is 1. The van der Waals surface area contributed by atoms with Crippen LogP contribution in [-0.2, 0) is 17.9 Å². The summed E-state index contributed by atoms with van der Waals surface area (Å²) in [6.07, 6.45) is 4.01. The molecule has 0 fully saturated rings. The zero-order valence-corrected chi connectivity index (χ0v) is 16.4. The molecular formula is C23H26N2O3. The topological polar surface area (TPSA) is 52.5 Å². The summed E-state index contributed by atoms with van der Waals surface area (Å²) >= 11 is 0. The Bertz CT molecular complexity index is 945. The van der Waals surface area contributed by atoms with Gasteiger partial charge in [-0.25, -0.2) is 0 Å². The van der Waals surface area contributed by atoms with Crippen molar-refractivity contribution >= 4 is 16.8 Å². The monoisotopic (exact) mass is 378 g/mol. The van der Waals surface area contributed by atoms with Gasteiger partial charge >= 0.3 is 0 Å². The van der Waals surface area contributed by atoms with E-state index in [0.29, 0.717) is 32.0 Å². The van der Waals surface area contributed by atoms with E-state index in [1.165, 1.54) is 0 Å². The van der Waals surface area contributed by atoms with Gasteiger partial charge in [0.05, 0.1) is 12.1 Å². The second-order valence-corrected chi connectivity index (χ2v) is 6.42. The molecule has 5 heteroatoms. The Hall–Kier alpha value is -3.05. The first kappa shape index (κ1) is 19.7. The minimum atomic E-state index is -0.119. The summed E-state index contributed by atoms with van der Waals surface area (Å²) in [4.78, 5) is 12.7. The lowest BCUT2D eigenvalue weighted by molar-refractivity contribution is 0.0929. The van der Waals surface area contributed by atoms with Crippen LogP contribution in [0.5, 0.6) is 5.75 Å². The maximum absolute atomic E-state index is 12.7. The molecule has 3 rings (SSSR count). The van der Waals surface area contributed by atoms with Crippen LogP contribution in [0.3, 0.4) is 0 Å². The molecule has 5 nitrogen and oxygen atoms in total. The molecule has 0 aliphatic carbocycles. The van der Waals surface area contributed by atoms with Gasteiger partial charge in [0.25, 0.3) is 5.91 Å². The average molecular weight is 378 g/mol. The van der Waals surface area contributed by atoms with E-state index in [0.717, 1.165) is 22.2 Å². The van der Waals surface area contributed by atoms with Gasteiger partial charge in [0.1, 0.15) is 18.1 Å². The number of fused-ring (bicyclic) bond motifs is 1. The number of ether oxygens (including phenoxy) is 2. The number of aromatic nitrogens is 1. The molecule has 0 radical (unpaired) electrons. The molecule has 146 valence electrons. The van der Waals surface area contributed by atoms with E-state index in [9.17, 15) is 4.79 Å². The Kier molecular flexibility index (Phi) is 6.87. The number of carbonyl (C=O) groups is 1. The quantitative estimate of drug-likeness (QED) is 0.449. The molecule has 0 saturated carbocycles. The number of allylic oxidation sites excluding steroid dienone is 2. The zero-order valence-electron chi connectivity index (χ0n) is 16.4. The van der Waals surface area contributed by atoms with Crippen molar-refractivity contribution in [2.75, 3.05) is 20.3 Å². The number of methoxy groups -OCH3 is 1. The second kappa shape index (κ2) is 9.76. The molecule has 0 spiro atoms. The third-order valence-corrected chi connectivity index (χ3v) is 4.49. The molecule has 0 bridgehead atoms. The molecule has 3 aromatic rings. The number of amides is 1. The normalized spacial score (nSPS) is 11.2. The molecule has 1 amide bonds. The third kappa shape index (κ3) is 4.61.